The maximum absolute atomic E-state index is 13.7. The van der Waals surface area contributed by atoms with E-state index in [-0.39, 0.29) is 30.1 Å². The van der Waals surface area contributed by atoms with Gasteiger partial charge in [-0.25, -0.2) is 0 Å². The number of nitrogens with zero attached hydrogens (tertiary/aromatic N) is 2. The number of aryl methyl sites for hydroxylation is 1. The van der Waals surface area contributed by atoms with E-state index in [9.17, 15) is 14.4 Å². The van der Waals surface area contributed by atoms with Gasteiger partial charge in [0, 0.05) is 38.0 Å². The molecule has 1 aromatic heterocycles. The van der Waals surface area contributed by atoms with Crippen LogP contribution < -0.4 is 5.32 Å². The van der Waals surface area contributed by atoms with E-state index in [0.717, 1.165) is 12.8 Å². The Balaban J connectivity index is 1.28. The predicted octanol–water partition coefficient (Wildman–Crippen LogP) is 3.50. The highest BCUT2D eigenvalue weighted by Crippen LogP contribution is 2.38. The molecule has 1 N–H and O–H groups in total. The van der Waals surface area contributed by atoms with Gasteiger partial charge in [-0.1, -0.05) is 48.5 Å². The van der Waals surface area contributed by atoms with E-state index < -0.39 is 11.8 Å². The molecule has 5 rings (SSSR count). The Labute approximate surface area is 216 Å². The smallest absolute Gasteiger partial charge is 0.289 e. The number of carbonyl (C=O) groups is 3. The number of amides is 3. The van der Waals surface area contributed by atoms with Crippen molar-refractivity contribution >= 4 is 17.7 Å². The summed E-state index contributed by atoms with van der Waals surface area (Å²) in [5.41, 5.74) is 0.777. The lowest BCUT2D eigenvalue weighted by molar-refractivity contribution is -0.128. The second kappa shape index (κ2) is 11.0. The topological polar surface area (TPSA) is 92.1 Å². The summed E-state index contributed by atoms with van der Waals surface area (Å²) in [4.78, 5) is 43.1. The monoisotopic (exact) mass is 501 g/mol. The van der Waals surface area contributed by atoms with Crippen molar-refractivity contribution in [1.29, 1.82) is 0 Å². The zero-order valence-corrected chi connectivity index (χ0v) is 20.7. The van der Waals surface area contributed by atoms with Crippen LogP contribution in [0.25, 0.3) is 0 Å². The normalized spacial score (nSPS) is 18.6. The van der Waals surface area contributed by atoms with Gasteiger partial charge in [0.15, 0.2) is 5.76 Å². The third-order valence-electron chi connectivity index (χ3n) is 7.15. The minimum atomic E-state index is -0.946. The molecule has 1 atom stereocenters. The second-order valence-electron chi connectivity index (χ2n) is 9.46. The number of nitrogens with one attached hydrogen (secondary N) is 1. The van der Waals surface area contributed by atoms with Gasteiger partial charge < -0.3 is 19.4 Å². The van der Waals surface area contributed by atoms with Crippen LogP contribution in [0, 0.1) is 0 Å². The quantitative estimate of drug-likeness (QED) is 0.501. The van der Waals surface area contributed by atoms with Gasteiger partial charge in [-0.15, -0.1) is 0 Å². The fourth-order valence-corrected chi connectivity index (χ4v) is 5.17. The van der Waals surface area contributed by atoms with E-state index in [0.29, 0.717) is 38.0 Å². The molecule has 3 aromatic rings. The SMILES string of the molecule is O=C(NCCCc1ccccc1)C1COC2(CCN(C(=O)c3ccco3)CC2)N1C(=O)c1ccccc1. The Morgan fingerprint density at radius 3 is 2.27 bits per heavy atom. The summed E-state index contributed by atoms with van der Waals surface area (Å²) in [6.45, 7) is 1.41. The summed E-state index contributed by atoms with van der Waals surface area (Å²) in [5, 5.41) is 3.01. The molecular formula is C29H31N3O5. The molecule has 2 saturated heterocycles. The first kappa shape index (κ1) is 24.8. The maximum Gasteiger partial charge on any atom is 0.289 e. The van der Waals surface area contributed by atoms with Crippen molar-refractivity contribution in [2.75, 3.05) is 26.2 Å². The highest BCUT2D eigenvalue weighted by Gasteiger charge is 2.54. The molecule has 8 nitrogen and oxygen atoms in total. The van der Waals surface area contributed by atoms with Crippen LogP contribution in [0.5, 0.6) is 0 Å². The van der Waals surface area contributed by atoms with Gasteiger partial charge in [0.1, 0.15) is 11.8 Å². The van der Waals surface area contributed by atoms with Crippen LogP contribution in [0.1, 0.15) is 45.7 Å². The average molecular weight is 502 g/mol. The molecule has 8 heteroatoms. The molecule has 2 aromatic carbocycles. The molecule has 1 unspecified atom stereocenters. The third-order valence-corrected chi connectivity index (χ3v) is 7.15. The Bertz CT molecular complexity index is 1200. The van der Waals surface area contributed by atoms with Crippen molar-refractivity contribution in [1.82, 2.24) is 15.1 Å². The Morgan fingerprint density at radius 2 is 1.59 bits per heavy atom. The Kier molecular flexibility index (Phi) is 7.37. The van der Waals surface area contributed by atoms with Gasteiger partial charge in [0.25, 0.3) is 11.8 Å². The van der Waals surface area contributed by atoms with Gasteiger partial charge in [0.05, 0.1) is 12.9 Å². The van der Waals surface area contributed by atoms with E-state index >= 15 is 0 Å². The first-order valence-corrected chi connectivity index (χ1v) is 12.7. The largest absolute Gasteiger partial charge is 0.459 e. The first-order chi connectivity index (χ1) is 18.1. The minimum absolute atomic E-state index is 0.120. The molecule has 0 saturated carbocycles. The maximum atomic E-state index is 13.7. The lowest BCUT2D eigenvalue weighted by Gasteiger charge is -2.44. The third kappa shape index (κ3) is 5.29. The van der Waals surface area contributed by atoms with Gasteiger partial charge >= 0.3 is 0 Å². The summed E-state index contributed by atoms with van der Waals surface area (Å²) in [7, 11) is 0. The Hall–Kier alpha value is -3.91. The lowest BCUT2D eigenvalue weighted by atomic mass is 9.96. The van der Waals surface area contributed by atoms with Crippen LogP contribution in [0.2, 0.25) is 0 Å². The van der Waals surface area contributed by atoms with Crippen LogP contribution in [0.3, 0.4) is 0 Å². The van der Waals surface area contributed by atoms with Gasteiger partial charge in [-0.2, -0.15) is 0 Å². The number of rotatable bonds is 7. The van der Waals surface area contributed by atoms with Crippen LogP contribution in [0.15, 0.2) is 83.5 Å². The molecular weight excluding hydrogens is 470 g/mol. The molecule has 0 radical (unpaired) electrons. The van der Waals surface area contributed by atoms with E-state index in [1.54, 1.807) is 46.2 Å². The molecule has 3 amide bonds. The summed E-state index contributed by atoms with van der Waals surface area (Å²) in [6.07, 6.45) is 3.96. The van der Waals surface area contributed by atoms with Crippen molar-refractivity contribution < 1.29 is 23.5 Å². The van der Waals surface area contributed by atoms with Crippen molar-refractivity contribution in [3.05, 3.63) is 95.9 Å². The van der Waals surface area contributed by atoms with Gasteiger partial charge in [0.2, 0.25) is 5.91 Å². The molecule has 0 bridgehead atoms. The van der Waals surface area contributed by atoms with Crippen molar-refractivity contribution in [3.63, 3.8) is 0 Å². The summed E-state index contributed by atoms with van der Waals surface area (Å²) >= 11 is 0. The highest BCUT2D eigenvalue weighted by molar-refractivity contribution is 5.98. The number of furan rings is 1. The van der Waals surface area contributed by atoms with E-state index in [1.807, 2.05) is 24.3 Å². The standard InChI is InChI=1S/C29H31N3O5/c33-26(30-17-7-11-22-9-3-1-4-10-22)24-21-37-29(32(24)27(34)23-12-5-2-6-13-23)15-18-31(19-16-29)28(35)25-14-8-20-36-25/h1-6,8-10,12-14,20,24H,7,11,15-19,21H2,(H,30,33). The number of carbonyl (C=O) groups excluding carboxylic acids is 3. The molecule has 2 aliphatic heterocycles. The fourth-order valence-electron chi connectivity index (χ4n) is 5.17. The molecule has 1 spiro atoms. The average Bonchev–Trinajstić information content (AvgIpc) is 3.61. The van der Waals surface area contributed by atoms with Crippen molar-refractivity contribution in [2.45, 2.75) is 37.5 Å². The summed E-state index contributed by atoms with van der Waals surface area (Å²) in [5.74, 6) is -0.364. The van der Waals surface area contributed by atoms with E-state index in [4.69, 9.17) is 9.15 Å². The van der Waals surface area contributed by atoms with Crippen LogP contribution in [0.4, 0.5) is 0 Å². The number of hydrogen-bond acceptors (Lipinski definition) is 5. The molecule has 192 valence electrons. The second-order valence-corrected chi connectivity index (χ2v) is 9.46. The number of hydrogen-bond donors (Lipinski definition) is 1. The fraction of sp³-hybridized carbons (Fsp3) is 0.345. The van der Waals surface area contributed by atoms with Crippen molar-refractivity contribution in [3.8, 4) is 0 Å². The van der Waals surface area contributed by atoms with Crippen molar-refractivity contribution in [2.24, 2.45) is 0 Å². The van der Waals surface area contributed by atoms with Crippen LogP contribution in [-0.2, 0) is 16.0 Å². The lowest BCUT2D eigenvalue weighted by Crippen LogP contribution is -2.59. The minimum Gasteiger partial charge on any atom is -0.459 e. The number of ether oxygens (including phenoxy) is 1. The highest BCUT2D eigenvalue weighted by atomic mass is 16.5. The number of piperidine rings is 1. The van der Waals surface area contributed by atoms with Crippen LogP contribution >= 0.6 is 0 Å². The zero-order chi connectivity index (χ0) is 25.7. The molecule has 0 aliphatic carbocycles. The number of likely N-dealkylation sites (tertiary alicyclic amines) is 1. The first-order valence-electron chi connectivity index (χ1n) is 12.7. The van der Waals surface area contributed by atoms with E-state index in [1.165, 1.54) is 11.8 Å². The van der Waals surface area contributed by atoms with Crippen LogP contribution in [-0.4, -0.2) is 65.5 Å². The molecule has 37 heavy (non-hydrogen) atoms. The molecule has 3 heterocycles. The predicted molar refractivity (Wildman–Crippen MR) is 137 cm³/mol. The van der Waals surface area contributed by atoms with Gasteiger partial charge in [-0.05, 0) is 42.7 Å². The number of benzene rings is 2. The molecule has 2 fully saturated rings. The Morgan fingerprint density at radius 1 is 0.892 bits per heavy atom. The zero-order valence-electron chi connectivity index (χ0n) is 20.7. The van der Waals surface area contributed by atoms with Gasteiger partial charge in [-0.3, -0.25) is 19.3 Å². The summed E-state index contributed by atoms with van der Waals surface area (Å²) in [6, 6.07) is 21.7. The van der Waals surface area contributed by atoms with E-state index in [2.05, 4.69) is 17.4 Å². The summed E-state index contributed by atoms with van der Waals surface area (Å²) < 4.78 is 11.5. The molecule has 2 aliphatic rings.